The second-order valence-corrected chi connectivity index (χ2v) is 6.15. The molecule has 0 aliphatic carbocycles. The van der Waals surface area contributed by atoms with Gasteiger partial charge in [0.05, 0.1) is 21.9 Å². The summed E-state index contributed by atoms with van der Waals surface area (Å²) in [6.07, 6.45) is 2.51. The lowest BCUT2D eigenvalue weighted by Crippen LogP contribution is -2.17. The molecule has 0 saturated heterocycles. The topological polar surface area (TPSA) is 50.7 Å². The fourth-order valence-electron chi connectivity index (χ4n) is 1.87. The van der Waals surface area contributed by atoms with Gasteiger partial charge in [-0.15, -0.1) is 0 Å². The van der Waals surface area contributed by atoms with Gasteiger partial charge in [-0.3, -0.25) is 4.79 Å². The van der Waals surface area contributed by atoms with Gasteiger partial charge in [-0.1, -0.05) is 71.1 Å². The number of carbonyl (C=O) groups is 1. The number of hydrogen-bond acceptors (Lipinski definition) is 3. The van der Waals surface area contributed by atoms with Crippen LogP contribution < -0.4 is 5.32 Å². The number of aryl methyl sites for hydroxylation is 1. The van der Waals surface area contributed by atoms with Crippen LogP contribution >= 0.6 is 34.8 Å². The smallest absolute Gasteiger partial charge is 0.265 e. The van der Waals surface area contributed by atoms with Gasteiger partial charge in [0.1, 0.15) is 0 Å². The van der Waals surface area contributed by atoms with E-state index < -0.39 is 5.91 Å². The Morgan fingerprint density at radius 2 is 1.79 bits per heavy atom. The monoisotopic (exact) mass is 384 g/mol. The first-order valence-corrected chi connectivity index (χ1v) is 8.31. The minimum Gasteiger partial charge on any atom is -0.386 e. The van der Waals surface area contributed by atoms with Crippen LogP contribution in [0.4, 0.5) is 5.69 Å². The van der Waals surface area contributed by atoms with Crippen molar-refractivity contribution in [2.45, 2.75) is 13.3 Å². The molecule has 0 spiro atoms. The first kappa shape index (κ1) is 18.6. The summed E-state index contributed by atoms with van der Waals surface area (Å²) in [4.78, 5) is 16.8. The minimum atomic E-state index is -0.431. The zero-order chi connectivity index (χ0) is 17.5. The van der Waals surface area contributed by atoms with Crippen LogP contribution in [0.15, 0.2) is 41.6 Å². The molecule has 0 aliphatic rings. The Morgan fingerprint density at radius 3 is 2.38 bits per heavy atom. The van der Waals surface area contributed by atoms with Crippen LogP contribution in [-0.4, -0.2) is 18.7 Å². The Morgan fingerprint density at radius 1 is 1.17 bits per heavy atom. The third-order valence-electron chi connectivity index (χ3n) is 3.13. The Hall–Kier alpha value is -1.75. The number of halogens is 3. The molecule has 0 unspecified atom stereocenters. The highest BCUT2D eigenvalue weighted by Gasteiger charge is 2.11. The molecule has 0 aliphatic heterocycles. The number of hydrogen-bond donors (Lipinski definition) is 1. The van der Waals surface area contributed by atoms with Crippen molar-refractivity contribution in [3.63, 3.8) is 0 Å². The van der Waals surface area contributed by atoms with Gasteiger partial charge in [-0.25, -0.2) is 0 Å². The Kier molecular flexibility index (Phi) is 6.91. The number of carbonyl (C=O) groups excluding carboxylic acids is 1. The summed E-state index contributed by atoms with van der Waals surface area (Å²) in [6, 6.07) is 10.9. The van der Waals surface area contributed by atoms with Crippen molar-refractivity contribution in [3.05, 3.63) is 62.6 Å². The molecular formula is C17H15Cl3N2O2. The zero-order valence-electron chi connectivity index (χ0n) is 12.9. The van der Waals surface area contributed by atoms with E-state index in [2.05, 4.69) is 17.4 Å². The van der Waals surface area contributed by atoms with Gasteiger partial charge < -0.3 is 10.2 Å². The number of nitrogens with one attached hydrogen (secondary N) is 1. The lowest BCUT2D eigenvalue weighted by Gasteiger charge is -2.09. The molecule has 2 rings (SSSR count). The van der Waals surface area contributed by atoms with Crippen LogP contribution in [0.25, 0.3) is 0 Å². The summed E-state index contributed by atoms with van der Waals surface area (Å²) in [6.45, 7) is 1.82. The number of rotatable bonds is 6. The van der Waals surface area contributed by atoms with Crippen LogP contribution in [0.3, 0.4) is 0 Å². The fourth-order valence-corrected chi connectivity index (χ4v) is 2.78. The average Bonchev–Trinajstić information content (AvgIpc) is 2.55. The first-order valence-electron chi connectivity index (χ1n) is 7.18. The predicted octanol–water partition coefficient (Wildman–Crippen LogP) is 5.20. The van der Waals surface area contributed by atoms with E-state index in [4.69, 9.17) is 39.6 Å². The van der Waals surface area contributed by atoms with E-state index in [1.807, 2.05) is 24.3 Å². The van der Waals surface area contributed by atoms with Gasteiger partial charge in [0.25, 0.3) is 5.91 Å². The molecule has 1 N–H and O–H groups in total. The van der Waals surface area contributed by atoms with Gasteiger partial charge in [0, 0.05) is 5.02 Å². The van der Waals surface area contributed by atoms with Crippen molar-refractivity contribution in [2.75, 3.05) is 11.9 Å². The largest absolute Gasteiger partial charge is 0.386 e. The third kappa shape index (κ3) is 5.41. The van der Waals surface area contributed by atoms with Crippen LogP contribution in [0.1, 0.15) is 18.1 Å². The summed E-state index contributed by atoms with van der Waals surface area (Å²) in [5, 5.41) is 7.21. The molecular weight excluding hydrogens is 371 g/mol. The van der Waals surface area contributed by atoms with Crippen LogP contribution in [0.2, 0.25) is 15.1 Å². The summed E-state index contributed by atoms with van der Waals surface area (Å²) in [7, 11) is 0. The zero-order valence-corrected chi connectivity index (χ0v) is 15.1. The molecule has 0 aromatic heterocycles. The maximum absolute atomic E-state index is 11.8. The maximum Gasteiger partial charge on any atom is 0.265 e. The molecule has 24 heavy (non-hydrogen) atoms. The summed E-state index contributed by atoms with van der Waals surface area (Å²) in [5.41, 5.74) is 2.41. The summed E-state index contributed by atoms with van der Waals surface area (Å²) in [5.74, 6) is -0.431. The summed E-state index contributed by atoms with van der Waals surface area (Å²) < 4.78 is 0. The highest BCUT2D eigenvalue weighted by Crippen LogP contribution is 2.33. The molecule has 0 bridgehead atoms. The lowest BCUT2D eigenvalue weighted by molar-refractivity contribution is -0.120. The second kappa shape index (κ2) is 8.92. The number of nitrogens with zero attached hydrogens (tertiary/aromatic N) is 1. The van der Waals surface area contributed by atoms with Gasteiger partial charge in [-0.05, 0) is 29.7 Å². The van der Waals surface area contributed by atoms with Gasteiger partial charge >= 0.3 is 0 Å². The molecule has 4 nitrogen and oxygen atoms in total. The van der Waals surface area contributed by atoms with Crippen molar-refractivity contribution in [2.24, 2.45) is 5.16 Å². The van der Waals surface area contributed by atoms with E-state index in [1.54, 1.807) is 0 Å². The van der Waals surface area contributed by atoms with E-state index in [0.717, 1.165) is 12.0 Å². The standard InChI is InChI=1S/C17H15Cl3N2O2/c1-2-11-3-5-12(6-4-11)9-21-24-10-16(23)22-17-14(19)7-13(18)8-15(17)20/h3-9H,2,10H2,1H3,(H,22,23)/b21-9-. The lowest BCUT2D eigenvalue weighted by atomic mass is 10.1. The SMILES string of the molecule is CCc1ccc(/C=N\OCC(=O)Nc2c(Cl)cc(Cl)cc2Cl)cc1. The Bertz CT molecular complexity index is 723. The molecule has 0 atom stereocenters. The summed E-state index contributed by atoms with van der Waals surface area (Å²) >= 11 is 17.8. The van der Waals surface area contributed by atoms with Crippen molar-refractivity contribution < 1.29 is 9.63 Å². The van der Waals surface area contributed by atoms with Crippen LogP contribution in [0, 0.1) is 0 Å². The van der Waals surface area contributed by atoms with Gasteiger partial charge in [-0.2, -0.15) is 0 Å². The van der Waals surface area contributed by atoms with E-state index in [0.29, 0.717) is 5.02 Å². The number of oxime groups is 1. The van der Waals surface area contributed by atoms with Crippen molar-refractivity contribution >= 4 is 52.6 Å². The van der Waals surface area contributed by atoms with E-state index in [9.17, 15) is 4.79 Å². The van der Waals surface area contributed by atoms with Crippen molar-refractivity contribution in [3.8, 4) is 0 Å². The predicted molar refractivity (Wildman–Crippen MR) is 99.5 cm³/mol. The third-order valence-corrected chi connectivity index (χ3v) is 3.95. The fraction of sp³-hybridized carbons (Fsp3) is 0.176. The molecule has 0 radical (unpaired) electrons. The number of benzene rings is 2. The van der Waals surface area contributed by atoms with Crippen LogP contribution in [-0.2, 0) is 16.1 Å². The van der Waals surface area contributed by atoms with Crippen LogP contribution in [0.5, 0.6) is 0 Å². The Balaban J connectivity index is 1.86. The highest BCUT2D eigenvalue weighted by molar-refractivity contribution is 6.42. The molecule has 0 heterocycles. The molecule has 2 aromatic rings. The molecule has 0 saturated carbocycles. The van der Waals surface area contributed by atoms with Gasteiger partial charge in [0.2, 0.25) is 0 Å². The number of amides is 1. The van der Waals surface area contributed by atoms with E-state index >= 15 is 0 Å². The highest BCUT2D eigenvalue weighted by atomic mass is 35.5. The van der Waals surface area contributed by atoms with Crippen molar-refractivity contribution in [1.82, 2.24) is 0 Å². The number of anilines is 1. The quantitative estimate of drug-likeness (QED) is 0.549. The van der Waals surface area contributed by atoms with E-state index in [-0.39, 0.29) is 22.3 Å². The van der Waals surface area contributed by atoms with E-state index in [1.165, 1.54) is 23.9 Å². The van der Waals surface area contributed by atoms with Crippen molar-refractivity contribution in [1.29, 1.82) is 0 Å². The maximum atomic E-state index is 11.8. The molecule has 0 fully saturated rings. The Labute approximate surface area is 155 Å². The molecule has 126 valence electrons. The first-order chi connectivity index (χ1) is 11.5. The average molecular weight is 386 g/mol. The molecule has 7 heteroatoms. The normalized spacial score (nSPS) is 10.8. The molecule has 1 amide bonds. The van der Waals surface area contributed by atoms with Gasteiger partial charge in [0.15, 0.2) is 6.61 Å². The minimum absolute atomic E-state index is 0.250. The second-order valence-electron chi connectivity index (χ2n) is 4.90. The molecule has 2 aromatic carbocycles.